The van der Waals surface area contributed by atoms with Gasteiger partial charge in [-0.2, -0.15) is 4.98 Å². The number of hydrogen-bond acceptors (Lipinski definition) is 4. The van der Waals surface area contributed by atoms with Crippen LogP contribution in [0.1, 0.15) is 0 Å². The molecule has 22 heavy (non-hydrogen) atoms. The van der Waals surface area contributed by atoms with Crippen LogP contribution in [0.25, 0.3) is 0 Å². The SMILES string of the molecule is Fc1ccc(Nc2nccc(Oc3ccc(F)cc3)n2)cc1. The quantitative estimate of drug-likeness (QED) is 0.780. The molecule has 0 radical (unpaired) electrons. The Morgan fingerprint density at radius 2 is 1.45 bits per heavy atom. The number of anilines is 2. The van der Waals surface area contributed by atoms with E-state index in [0.717, 1.165) is 0 Å². The van der Waals surface area contributed by atoms with Gasteiger partial charge in [-0.1, -0.05) is 0 Å². The molecule has 0 amide bonds. The molecule has 0 aliphatic rings. The van der Waals surface area contributed by atoms with Gasteiger partial charge in [0.15, 0.2) is 0 Å². The molecule has 4 nitrogen and oxygen atoms in total. The van der Waals surface area contributed by atoms with Crippen LogP contribution in [0.5, 0.6) is 11.6 Å². The molecule has 1 aromatic heterocycles. The maximum Gasteiger partial charge on any atom is 0.230 e. The smallest absolute Gasteiger partial charge is 0.230 e. The van der Waals surface area contributed by atoms with E-state index in [0.29, 0.717) is 23.3 Å². The number of nitrogens with zero attached hydrogens (tertiary/aromatic N) is 2. The average Bonchev–Trinajstić information content (AvgIpc) is 2.52. The van der Waals surface area contributed by atoms with Crippen LogP contribution >= 0.6 is 0 Å². The van der Waals surface area contributed by atoms with Crippen LogP contribution in [0.4, 0.5) is 20.4 Å². The first kappa shape index (κ1) is 13.9. The highest BCUT2D eigenvalue weighted by atomic mass is 19.1. The summed E-state index contributed by atoms with van der Waals surface area (Å²) in [5.74, 6) is 0.429. The van der Waals surface area contributed by atoms with E-state index in [9.17, 15) is 8.78 Å². The zero-order chi connectivity index (χ0) is 15.4. The molecule has 1 N–H and O–H groups in total. The van der Waals surface area contributed by atoms with Crippen molar-refractivity contribution in [2.24, 2.45) is 0 Å². The fourth-order valence-electron chi connectivity index (χ4n) is 1.74. The van der Waals surface area contributed by atoms with Gasteiger partial charge in [-0.25, -0.2) is 13.8 Å². The molecule has 0 bridgehead atoms. The zero-order valence-corrected chi connectivity index (χ0v) is 11.3. The first-order chi connectivity index (χ1) is 10.7. The molecule has 0 aliphatic carbocycles. The summed E-state index contributed by atoms with van der Waals surface area (Å²) in [7, 11) is 0. The lowest BCUT2D eigenvalue weighted by Gasteiger charge is -2.07. The van der Waals surface area contributed by atoms with Crippen molar-refractivity contribution in [1.82, 2.24) is 9.97 Å². The van der Waals surface area contributed by atoms with Gasteiger partial charge in [0.25, 0.3) is 0 Å². The topological polar surface area (TPSA) is 47.0 Å². The fourth-order valence-corrected chi connectivity index (χ4v) is 1.74. The van der Waals surface area contributed by atoms with Gasteiger partial charge < -0.3 is 10.1 Å². The predicted molar refractivity (Wildman–Crippen MR) is 78.2 cm³/mol. The molecule has 6 heteroatoms. The summed E-state index contributed by atoms with van der Waals surface area (Å²) >= 11 is 0. The first-order valence-corrected chi connectivity index (χ1v) is 6.48. The molecule has 2 aromatic carbocycles. The van der Waals surface area contributed by atoms with Gasteiger partial charge >= 0.3 is 0 Å². The Morgan fingerprint density at radius 1 is 0.818 bits per heavy atom. The van der Waals surface area contributed by atoms with E-state index >= 15 is 0 Å². The summed E-state index contributed by atoms with van der Waals surface area (Å²) < 4.78 is 31.2. The number of hydrogen-bond donors (Lipinski definition) is 1. The summed E-state index contributed by atoms with van der Waals surface area (Å²) in [6.45, 7) is 0. The van der Waals surface area contributed by atoms with Crippen LogP contribution < -0.4 is 10.1 Å². The molecule has 0 atom stereocenters. The van der Waals surface area contributed by atoms with E-state index in [-0.39, 0.29) is 11.6 Å². The van der Waals surface area contributed by atoms with Crippen molar-refractivity contribution in [2.45, 2.75) is 0 Å². The predicted octanol–water partition coefficient (Wildman–Crippen LogP) is 4.29. The second-order valence-corrected chi connectivity index (χ2v) is 4.41. The van der Waals surface area contributed by atoms with Crippen LogP contribution in [0.2, 0.25) is 0 Å². The summed E-state index contributed by atoms with van der Waals surface area (Å²) in [6, 6.07) is 13.0. The van der Waals surface area contributed by atoms with Gasteiger partial charge in [-0.3, -0.25) is 0 Å². The number of rotatable bonds is 4. The molecule has 0 spiro atoms. The Hall–Kier alpha value is -3.02. The lowest BCUT2D eigenvalue weighted by atomic mass is 10.3. The number of nitrogens with one attached hydrogen (secondary N) is 1. The van der Waals surface area contributed by atoms with Crippen molar-refractivity contribution in [3.05, 3.63) is 72.4 Å². The van der Waals surface area contributed by atoms with Crippen LogP contribution in [0.15, 0.2) is 60.8 Å². The Balaban J connectivity index is 1.74. The molecule has 0 saturated carbocycles. The van der Waals surface area contributed by atoms with Crippen molar-refractivity contribution in [3.8, 4) is 11.6 Å². The van der Waals surface area contributed by atoms with Crippen molar-refractivity contribution >= 4 is 11.6 Å². The highest BCUT2D eigenvalue weighted by Crippen LogP contribution is 2.21. The van der Waals surface area contributed by atoms with Crippen molar-refractivity contribution in [1.29, 1.82) is 0 Å². The molecule has 3 rings (SSSR count). The number of ether oxygens (including phenoxy) is 1. The number of halogens is 2. The van der Waals surface area contributed by atoms with Gasteiger partial charge in [0, 0.05) is 18.0 Å². The second-order valence-electron chi connectivity index (χ2n) is 4.41. The minimum Gasteiger partial charge on any atom is -0.439 e. The molecule has 3 aromatic rings. The van der Waals surface area contributed by atoms with Gasteiger partial charge in [-0.15, -0.1) is 0 Å². The first-order valence-electron chi connectivity index (χ1n) is 6.48. The normalized spacial score (nSPS) is 10.3. The van der Waals surface area contributed by atoms with Crippen molar-refractivity contribution < 1.29 is 13.5 Å². The number of aromatic nitrogens is 2. The third-order valence-electron chi connectivity index (χ3n) is 2.77. The summed E-state index contributed by atoms with van der Waals surface area (Å²) in [4.78, 5) is 8.23. The highest BCUT2D eigenvalue weighted by Gasteiger charge is 2.03. The Morgan fingerprint density at radius 3 is 2.14 bits per heavy atom. The maximum atomic E-state index is 12.9. The van der Waals surface area contributed by atoms with Crippen LogP contribution in [-0.4, -0.2) is 9.97 Å². The van der Waals surface area contributed by atoms with Crippen molar-refractivity contribution in [2.75, 3.05) is 5.32 Å². The van der Waals surface area contributed by atoms with Gasteiger partial charge in [0.1, 0.15) is 17.4 Å². The van der Waals surface area contributed by atoms with E-state index in [4.69, 9.17) is 4.74 Å². The van der Waals surface area contributed by atoms with Gasteiger partial charge in [0.2, 0.25) is 11.8 Å². The largest absolute Gasteiger partial charge is 0.439 e. The highest BCUT2D eigenvalue weighted by molar-refractivity contribution is 5.53. The minimum absolute atomic E-state index is 0.311. The fraction of sp³-hybridized carbons (Fsp3) is 0. The van der Waals surface area contributed by atoms with Crippen LogP contribution in [0, 0.1) is 11.6 Å². The molecule has 0 saturated heterocycles. The zero-order valence-electron chi connectivity index (χ0n) is 11.3. The molecular weight excluding hydrogens is 288 g/mol. The third kappa shape index (κ3) is 3.54. The van der Waals surface area contributed by atoms with E-state index in [1.807, 2.05) is 0 Å². The Labute approximate surface area is 125 Å². The van der Waals surface area contributed by atoms with E-state index in [2.05, 4.69) is 15.3 Å². The van der Waals surface area contributed by atoms with E-state index < -0.39 is 0 Å². The molecule has 0 unspecified atom stereocenters. The Bertz CT molecular complexity index is 698. The Kier molecular flexibility index (Phi) is 3.91. The molecule has 110 valence electrons. The molecule has 0 aliphatic heterocycles. The summed E-state index contributed by atoms with van der Waals surface area (Å²) in [5.41, 5.74) is 0.653. The average molecular weight is 299 g/mol. The van der Waals surface area contributed by atoms with Gasteiger partial charge in [-0.05, 0) is 48.5 Å². The van der Waals surface area contributed by atoms with E-state index in [1.54, 1.807) is 18.2 Å². The minimum atomic E-state index is -0.339. The van der Waals surface area contributed by atoms with Crippen molar-refractivity contribution in [3.63, 3.8) is 0 Å². The van der Waals surface area contributed by atoms with Gasteiger partial charge in [0.05, 0.1) is 0 Å². The molecular formula is C16H11F2N3O. The van der Waals surface area contributed by atoms with Crippen LogP contribution in [0.3, 0.4) is 0 Å². The number of benzene rings is 2. The standard InChI is InChI=1S/C16H11F2N3O/c17-11-1-5-13(6-2-11)20-16-19-10-9-15(21-16)22-14-7-3-12(18)4-8-14/h1-10H,(H,19,20,21). The lowest BCUT2D eigenvalue weighted by molar-refractivity contribution is 0.461. The van der Waals surface area contributed by atoms with E-state index in [1.165, 1.54) is 42.6 Å². The third-order valence-corrected chi connectivity index (χ3v) is 2.77. The lowest BCUT2D eigenvalue weighted by Crippen LogP contribution is -1.98. The maximum absolute atomic E-state index is 12.9. The summed E-state index contributed by atoms with van der Waals surface area (Å²) in [6.07, 6.45) is 1.53. The monoisotopic (exact) mass is 299 g/mol. The molecule has 0 fully saturated rings. The summed E-state index contributed by atoms with van der Waals surface area (Å²) in [5, 5.41) is 2.94. The molecule has 1 heterocycles. The second kappa shape index (κ2) is 6.17. The van der Waals surface area contributed by atoms with Crippen LogP contribution in [-0.2, 0) is 0 Å².